The molecule has 0 aromatic carbocycles. The molecule has 0 spiro atoms. The molecule has 1 saturated heterocycles. The first-order valence-electron chi connectivity index (χ1n) is 8.49. The Morgan fingerprint density at radius 2 is 1.96 bits per heavy atom. The van der Waals surface area contributed by atoms with Gasteiger partial charge >= 0.3 is 0 Å². The number of amides is 1. The number of aryl methyl sites for hydroxylation is 1. The van der Waals surface area contributed by atoms with Crippen LogP contribution in [0, 0.1) is 6.92 Å². The van der Waals surface area contributed by atoms with Crippen molar-refractivity contribution in [2.45, 2.75) is 43.8 Å². The number of nitrogens with zero attached hydrogens (tertiary/aromatic N) is 3. The van der Waals surface area contributed by atoms with Crippen molar-refractivity contribution in [3.8, 4) is 0 Å². The molecule has 0 N–H and O–H groups in total. The molecule has 0 bridgehead atoms. The maximum absolute atomic E-state index is 12.8. The van der Waals surface area contributed by atoms with Gasteiger partial charge in [-0.3, -0.25) is 9.78 Å². The number of sulfonamides is 1. The molecule has 1 aromatic rings. The Kier molecular flexibility index (Phi) is 4.66. The van der Waals surface area contributed by atoms with Gasteiger partial charge in [-0.25, -0.2) is 12.7 Å². The second-order valence-corrected chi connectivity index (χ2v) is 9.41. The van der Waals surface area contributed by atoms with E-state index in [0.29, 0.717) is 30.9 Å². The lowest BCUT2D eigenvalue weighted by Crippen LogP contribution is -2.48. The van der Waals surface area contributed by atoms with Gasteiger partial charge in [0.05, 0.1) is 16.5 Å². The number of pyridine rings is 1. The average Bonchev–Trinajstić information content (AvgIpc) is 3.39. The van der Waals surface area contributed by atoms with Gasteiger partial charge in [0.15, 0.2) is 0 Å². The second kappa shape index (κ2) is 6.44. The summed E-state index contributed by atoms with van der Waals surface area (Å²) in [6, 6.07) is 3.79. The highest BCUT2D eigenvalue weighted by Crippen LogP contribution is 2.39. The summed E-state index contributed by atoms with van der Waals surface area (Å²) in [5, 5.41) is -0.524. The van der Waals surface area contributed by atoms with E-state index in [1.807, 2.05) is 19.1 Å². The van der Waals surface area contributed by atoms with Gasteiger partial charge in [0.25, 0.3) is 5.91 Å². The zero-order chi connectivity index (χ0) is 17.5. The van der Waals surface area contributed by atoms with Gasteiger partial charge in [-0.15, -0.1) is 0 Å². The number of piperidine rings is 1. The van der Waals surface area contributed by atoms with E-state index in [1.54, 1.807) is 19.0 Å². The third kappa shape index (κ3) is 3.32. The monoisotopic (exact) mass is 351 g/mol. The van der Waals surface area contributed by atoms with E-state index in [1.165, 1.54) is 17.1 Å². The van der Waals surface area contributed by atoms with Crippen LogP contribution in [0.1, 0.15) is 53.3 Å². The standard InChI is InChI=1S/C17H25N3O3S/c1-12-15(8-9-16(18-12)13-6-7-13)17(21)20-10-4-5-14(11-20)24(22,23)19(2)3/h8-9,13-14H,4-7,10-11H2,1-3H3. The number of aromatic nitrogens is 1. The van der Waals surface area contributed by atoms with Crippen molar-refractivity contribution < 1.29 is 13.2 Å². The molecule has 7 heteroatoms. The first-order chi connectivity index (χ1) is 11.3. The molecule has 1 aliphatic heterocycles. The molecular weight excluding hydrogens is 326 g/mol. The maximum atomic E-state index is 12.8. The number of likely N-dealkylation sites (tertiary alicyclic amines) is 1. The molecule has 2 heterocycles. The molecule has 1 aromatic heterocycles. The Balaban J connectivity index is 1.77. The van der Waals surface area contributed by atoms with Gasteiger partial charge < -0.3 is 4.90 Å². The van der Waals surface area contributed by atoms with Gasteiger partial charge in [-0.2, -0.15) is 0 Å². The summed E-state index contributed by atoms with van der Waals surface area (Å²) in [7, 11) is -0.260. The predicted molar refractivity (Wildman–Crippen MR) is 92.5 cm³/mol. The summed E-state index contributed by atoms with van der Waals surface area (Å²) in [4.78, 5) is 19.1. The number of rotatable bonds is 4. The lowest BCUT2D eigenvalue weighted by Gasteiger charge is -2.33. The van der Waals surface area contributed by atoms with Gasteiger partial charge in [-0.05, 0) is 44.7 Å². The molecule has 1 amide bonds. The minimum atomic E-state index is -3.34. The normalized spacial score (nSPS) is 22.0. The van der Waals surface area contributed by atoms with E-state index in [-0.39, 0.29) is 12.5 Å². The third-order valence-corrected chi connectivity index (χ3v) is 7.17. The Bertz CT molecular complexity index is 741. The topological polar surface area (TPSA) is 70.6 Å². The molecule has 1 unspecified atom stereocenters. The van der Waals surface area contributed by atoms with Crippen LogP contribution in [0.2, 0.25) is 0 Å². The van der Waals surface area contributed by atoms with Crippen LogP contribution in [-0.4, -0.2) is 60.9 Å². The number of carbonyl (C=O) groups excluding carboxylic acids is 1. The fraction of sp³-hybridized carbons (Fsp3) is 0.647. The van der Waals surface area contributed by atoms with Gasteiger partial charge in [-0.1, -0.05) is 0 Å². The Labute approximate surface area is 143 Å². The van der Waals surface area contributed by atoms with Crippen LogP contribution in [0.15, 0.2) is 12.1 Å². The van der Waals surface area contributed by atoms with Crippen LogP contribution < -0.4 is 0 Å². The Morgan fingerprint density at radius 3 is 2.54 bits per heavy atom. The zero-order valence-electron chi connectivity index (χ0n) is 14.5. The van der Waals surface area contributed by atoms with Crippen molar-refractivity contribution in [3.05, 3.63) is 29.1 Å². The molecule has 1 aliphatic carbocycles. The van der Waals surface area contributed by atoms with Crippen LogP contribution in [0.3, 0.4) is 0 Å². The van der Waals surface area contributed by atoms with E-state index in [0.717, 1.165) is 11.4 Å². The highest BCUT2D eigenvalue weighted by Gasteiger charge is 2.35. The Hall–Kier alpha value is -1.47. The van der Waals surface area contributed by atoms with Crippen LogP contribution in [0.5, 0.6) is 0 Å². The molecule has 1 saturated carbocycles. The van der Waals surface area contributed by atoms with E-state index < -0.39 is 15.3 Å². The average molecular weight is 351 g/mol. The molecule has 2 aliphatic rings. The van der Waals surface area contributed by atoms with E-state index in [2.05, 4.69) is 4.98 Å². The molecule has 6 nitrogen and oxygen atoms in total. The lowest BCUT2D eigenvalue weighted by molar-refractivity contribution is 0.0724. The first-order valence-corrected chi connectivity index (χ1v) is 9.99. The fourth-order valence-electron chi connectivity index (χ4n) is 3.25. The summed E-state index contributed by atoms with van der Waals surface area (Å²) < 4.78 is 26.0. The molecular formula is C17H25N3O3S. The molecule has 0 radical (unpaired) electrons. The second-order valence-electron chi connectivity index (χ2n) is 6.99. The third-order valence-electron chi connectivity index (χ3n) is 4.93. The van der Waals surface area contributed by atoms with Crippen molar-refractivity contribution in [2.75, 3.05) is 27.2 Å². The van der Waals surface area contributed by atoms with Gasteiger partial charge in [0.2, 0.25) is 10.0 Å². The first kappa shape index (κ1) is 17.4. The Morgan fingerprint density at radius 1 is 1.25 bits per heavy atom. The predicted octanol–water partition coefficient (Wildman–Crippen LogP) is 1.76. The van der Waals surface area contributed by atoms with Gasteiger partial charge in [0, 0.05) is 38.8 Å². The van der Waals surface area contributed by atoms with Crippen LogP contribution in [0.4, 0.5) is 0 Å². The van der Waals surface area contributed by atoms with Crippen molar-refractivity contribution in [3.63, 3.8) is 0 Å². The molecule has 1 atom stereocenters. The summed E-state index contributed by atoms with van der Waals surface area (Å²) in [5.74, 6) is 0.443. The van der Waals surface area contributed by atoms with E-state index in [4.69, 9.17) is 0 Å². The summed E-state index contributed by atoms with van der Waals surface area (Å²) >= 11 is 0. The van der Waals surface area contributed by atoms with Crippen molar-refractivity contribution in [1.82, 2.24) is 14.2 Å². The summed E-state index contributed by atoms with van der Waals surface area (Å²) in [6.07, 6.45) is 3.66. The summed E-state index contributed by atoms with van der Waals surface area (Å²) in [6.45, 7) is 2.71. The smallest absolute Gasteiger partial charge is 0.255 e. The zero-order valence-corrected chi connectivity index (χ0v) is 15.3. The van der Waals surface area contributed by atoms with Crippen LogP contribution in [-0.2, 0) is 10.0 Å². The number of hydrogen-bond acceptors (Lipinski definition) is 4. The largest absolute Gasteiger partial charge is 0.337 e. The van der Waals surface area contributed by atoms with E-state index in [9.17, 15) is 13.2 Å². The van der Waals surface area contributed by atoms with E-state index >= 15 is 0 Å². The highest BCUT2D eigenvalue weighted by molar-refractivity contribution is 7.89. The molecule has 2 fully saturated rings. The van der Waals surface area contributed by atoms with Crippen molar-refractivity contribution in [1.29, 1.82) is 0 Å². The maximum Gasteiger partial charge on any atom is 0.255 e. The van der Waals surface area contributed by atoms with Crippen LogP contribution >= 0.6 is 0 Å². The fourth-order valence-corrected chi connectivity index (χ4v) is 4.68. The minimum Gasteiger partial charge on any atom is -0.337 e. The number of hydrogen-bond donors (Lipinski definition) is 0. The molecule has 132 valence electrons. The molecule has 24 heavy (non-hydrogen) atoms. The van der Waals surface area contributed by atoms with Crippen LogP contribution in [0.25, 0.3) is 0 Å². The molecule has 3 rings (SSSR count). The summed E-state index contributed by atoms with van der Waals surface area (Å²) in [5.41, 5.74) is 2.39. The highest BCUT2D eigenvalue weighted by atomic mass is 32.2. The minimum absolute atomic E-state index is 0.110. The lowest BCUT2D eigenvalue weighted by atomic mass is 10.1. The number of carbonyl (C=O) groups is 1. The quantitative estimate of drug-likeness (QED) is 0.829. The SMILES string of the molecule is Cc1nc(C2CC2)ccc1C(=O)N1CCCC(S(=O)(=O)N(C)C)C1. The van der Waals surface area contributed by atoms with Crippen molar-refractivity contribution >= 4 is 15.9 Å². The van der Waals surface area contributed by atoms with Gasteiger partial charge in [0.1, 0.15) is 0 Å². The van der Waals surface area contributed by atoms with Crippen molar-refractivity contribution in [2.24, 2.45) is 0 Å².